The van der Waals surface area contributed by atoms with Crippen molar-refractivity contribution >= 4 is 57.6 Å². The maximum Gasteiger partial charge on any atom is 0.289 e. The van der Waals surface area contributed by atoms with E-state index in [4.69, 9.17) is 12.2 Å². The van der Waals surface area contributed by atoms with Gasteiger partial charge in [0.25, 0.3) is 16.7 Å². The fraction of sp³-hybridized carbons (Fsp3) is 0.150. The molecule has 1 aromatic heterocycles. The molecule has 10 heteroatoms. The van der Waals surface area contributed by atoms with Crippen molar-refractivity contribution in [3.05, 3.63) is 68.7 Å². The molecule has 0 radical (unpaired) electrons. The van der Waals surface area contributed by atoms with Gasteiger partial charge in [0, 0.05) is 18.3 Å². The van der Waals surface area contributed by atoms with Gasteiger partial charge < -0.3 is 10.3 Å². The molecule has 0 bridgehead atoms. The van der Waals surface area contributed by atoms with E-state index in [-0.39, 0.29) is 39.7 Å². The van der Waals surface area contributed by atoms with Crippen molar-refractivity contribution in [2.24, 2.45) is 7.05 Å². The lowest BCUT2D eigenvalue weighted by molar-refractivity contribution is -0.125. The van der Waals surface area contributed by atoms with Crippen LogP contribution < -0.4 is 10.9 Å². The highest BCUT2D eigenvalue weighted by molar-refractivity contribution is 8.14. The number of aromatic nitrogens is 2. The minimum absolute atomic E-state index is 0.176. The fourth-order valence-corrected chi connectivity index (χ4v) is 3.98. The van der Waals surface area contributed by atoms with E-state index in [1.807, 2.05) is 0 Å². The Morgan fingerprint density at radius 3 is 2.57 bits per heavy atom. The summed E-state index contributed by atoms with van der Waals surface area (Å²) in [5.74, 6) is -0.367. The number of amides is 3. The van der Waals surface area contributed by atoms with Gasteiger partial charge in [-0.2, -0.15) is 0 Å². The number of thioether (sulfide) groups is 1. The van der Waals surface area contributed by atoms with Crippen molar-refractivity contribution in [2.45, 2.75) is 6.54 Å². The second-order valence-corrected chi connectivity index (χ2v) is 8.05. The van der Waals surface area contributed by atoms with Gasteiger partial charge in [-0.1, -0.05) is 23.9 Å². The number of H-pyrrole nitrogens is 1. The van der Waals surface area contributed by atoms with Gasteiger partial charge in [0.1, 0.15) is 0 Å². The highest BCUT2D eigenvalue weighted by Gasteiger charge is 2.29. The van der Waals surface area contributed by atoms with Crippen LogP contribution in [0.15, 0.2) is 47.3 Å². The lowest BCUT2D eigenvalue weighted by atomic mass is 10.1. The zero-order chi connectivity index (χ0) is 21.4. The Morgan fingerprint density at radius 1 is 1.17 bits per heavy atom. The maximum atomic E-state index is 12.6. The van der Waals surface area contributed by atoms with Crippen molar-refractivity contribution < 1.29 is 14.4 Å². The molecular formula is C20H16N4O4S2. The molecule has 0 saturated carbocycles. The number of benzene rings is 2. The predicted octanol–water partition coefficient (Wildman–Crippen LogP) is 3.04. The Balaban J connectivity index is 1.50. The van der Waals surface area contributed by atoms with Crippen molar-refractivity contribution in [1.82, 2.24) is 14.5 Å². The first kappa shape index (κ1) is 20.0. The Labute approximate surface area is 179 Å². The molecule has 30 heavy (non-hydrogen) atoms. The van der Waals surface area contributed by atoms with E-state index >= 15 is 0 Å². The van der Waals surface area contributed by atoms with Gasteiger partial charge in [-0.15, -0.1) is 0 Å². The van der Waals surface area contributed by atoms with E-state index in [1.165, 1.54) is 9.47 Å². The number of aromatic amines is 1. The van der Waals surface area contributed by atoms with Crippen LogP contribution in [0.2, 0.25) is 0 Å². The van der Waals surface area contributed by atoms with Crippen LogP contribution in [0.3, 0.4) is 0 Å². The number of hydrogen-bond acceptors (Lipinski definition) is 6. The summed E-state index contributed by atoms with van der Waals surface area (Å²) in [5, 5.41) is 2.98. The second-order valence-electron chi connectivity index (χ2n) is 6.74. The van der Waals surface area contributed by atoms with Crippen molar-refractivity contribution in [2.75, 3.05) is 11.1 Å². The van der Waals surface area contributed by atoms with Crippen molar-refractivity contribution in [3.8, 4) is 0 Å². The van der Waals surface area contributed by atoms with E-state index in [1.54, 1.807) is 49.5 Å². The first-order valence-electron chi connectivity index (χ1n) is 8.94. The molecule has 0 spiro atoms. The molecular weight excluding hydrogens is 424 g/mol. The van der Waals surface area contributed by atoms with E-state index in [9.17, 15) is 19.2 Å². The molecule has 0 aliphatic carbocycles. The number of carbonyl (C=O) groups is 3. The van der Waals surface area contributed by atoms with Crippen molar-refractivity contribution in [1.29, 1.82) is 0 Å². The summed E-state index contributed by atoms with van der Waals surface area (Å²) in [5.41, 5.74) is 1.98. The van der Waals surface area contributed by atoms with Gasteiger partial charge in [0.15, 0.2) is 4.77 Å². The summed E-state index contributed by atoms with van der Waals surface area (Å²) in [6.07, 6.45) is 0. The Kier molecular flexibility index (Phi) is 5.27. The Hall–Kier alpha value is -3.24. The van der Waals surface area contributed by atoms with Gasteiger partial charge in [0.2, 0.25) is 5.91 Å². The van der Waals surface area contributed by atoms with Crippen LogP contribution in [0.5, 0.6) is 0 Å². The molecule has 1 aliphatic rings. The maximum absolute atomic E-state index is 12.6. The van der Waals surface area contributed by atoms with E-state index < -0.39 is 0 Å². The standard InChI is InChI=1S/C20H16N4O4S2/c1-23-18(27)14-7-4-12(8-15(14)22-19(23)29)17(26)21-13-5-2-11(3-6-13)9-24-16(25)10-30-20(24)28/h2-8H,9-10H2,1H3,(H,21,26)(H,22,29). The van der Waals surface area contributed by atoms with Crippen LogP contribution in [0.1, 0.15) is 15.9 Å². The summed E-state index contributed by atoms with van der Waals surface area (Å²) in [6, 6.07) is 11.7. The van der Waals surface area contributed by atoms with Crippen LogP contribution >= 0.6 is 24.0 Å². The van der Waals surface area contributed by atoms with E-state index in [0.717, 1.165) is 17.3 Å². The zero-order valence-corrected chi connectivity index (χ0v) is 17.4. The SMILES string of the molecule is Cn1c(=S)[nH]c2cc(C(=O)Nc3ccc(CN4C(=O)CSC4=O)cc3)ccc2c1=O. The number of rotatable bonds is 4. The summed E-state index contributed by atoms with van der Waals surface area (Å²) >= 11 is 6.12. The number of carbonyl (C=O) groups excluding carboxylic acids is 3. The van der Waals surface area contributed by atoms with Gasteiger partial charge in [-0.3, -0.25) is 28.6 Å². The minimum atomic E-state index is -0.342. The highest BCUT2D eigenvalue weighted by Crippen LogP contribution is 2.22. The summed E-state index contributed by atoms with van der Waals surface area (Å²) in [4.78, 5) is 52.4. The van der Waals surface area contributed by atoms with Crippen LogP contribution in [-0.2, 0) is 18.4 Å². The Bertz CT molecular complexity index is 1300. The van der Waals surface area contributed by atoms with Gasteiger partial charge >= 0.3 is 0 Å². The van der Waals surface area contributed by atoms with Crippen molar-refractivity contribution in [3.63, 3.8) is 0 Å². The summed E-state index contributed by atoms with van der Waals surface area (Å²) < 4.78 is 1.61. The first-order chi connectivity index (χ1) is 14.3. The van der Waals surface area contributed by atoms with Crippen LogP contribution in [0.4, 0.5) is 10.5 Å². The molecule has 3 aromatic rings. The number of hydrogen-bond donors (Lipinski definition) is 2. The molecule has 2 aromatic carbocycles. The summed E-state index contributed by atoms with van der Waals surface area (Å²) in [7, 11) is 1.58. The lowest BCUT2D eigenvalue weighted by Crippen LogP contribution is -2.27. The number of anilines is 1. The minimum Gasteiger partial charge on any atom is -0.332 e. The highest BCUT2D eigenvalue weighted by atomic mass is 32.2. The van der Waals surface area contributed by atoms with Crippen LogP contribution in [-0.4, -0.2) is 37.3 Å². The molecule has 2 N–H and O–H groups in total. The van der Waals surface area contributed by atoms with Gasteiger partial charge in [-0.25, -0.2) is 0 Å². The van der Waals surface area contributed by atoms with E-state index in [0.29, 0.717) is 22.2 Å². The zero-order valence-electron chi connectivity index (χ0n) is 15.8. The molecule has 2 heterocycles. The molecule has 0 atom stereocenters. The average Bonchev–Trinajstić information content (AvgIpc) is 3.05. The third-order valence-corrected chi connectivity index (χ3v) is 5.99. The molecule has 0 unspecified atom stereocenters. The number of nitrogens with one attached hydrogen (secondary N) is 2. The molecule has 1 aliphatic heterocycles. The third kappa shape index (κ3) is 3.79. The van der Waals surface area contributed by atoms with E-state index in [2.05, 4.69) is 10.3 Å². The third-order valence-electron chi connectivity index (χ3n) is 4.76. The lowest BCUT2D eigenvalue weighted by Gasteiger charge is -2.13. The number of nitrogens with zero attached hydrogens (tertiary/aromatic N) is 2. The number of imide groups is 1. The second kappa shape index (κ2) is 7.88. The van der Waals surface area contributed by atoms with Crippen LogP contribution in [0.25, 0.3) is 10.9 Å². The molecule has 8 nitrogen and oxygen atoms in total. The molecule has 152 valence electrons. The van der Waals surface area contributed by atoms with Crippen LogP contribution in [0, 0.1) is 4.77 Å². The first-order valence-corrected chi connectivity index (χ1v) is 10.3. The molecule has 4 rings (SSSR count). The predicted molar refractivity (Wildman–Crippen MR) is 117 cm³/mol. The molecule has 3 amide bonds. The Morgan fingerprint density at radius 2 is 1.90 bits per heavy atom. The van der Waals surface area contributed by atoms with Gasteiger partial charge in [0.05, 0.1) is 23.2 Å². The quantitative estimate of drug-likeness (QED) is 0.605. The monoisotopic (exact) mass is 440 g/mol. The normalized spacial score (nSPS) is 13.8. The average molecular weight is 441 g/mol. The smallest absolute Gasteiger partial charge is 0.289 e. The molecule has 1 fully saturated rings. The molecule has 1 saturated heterocycles. The summed E-state index contributed by atoms with van der Waals surface area (Å²) in [6.45, 7) is 0.206. The largest absolute Gasteiger partial charge is 0.332 e. The number of fused-ring (bicyclic) bond motifs is 1. The van der Waals surface area contributed by atoms with Gasteiger partial charge in [-0.05, 0) is 48.1 Å². The fourth-order valence-electron chi connectivity index (χ4n) is 3.06. The topological polar surface area (TPSA) is 104 Å².